The number of methoxy groups -OCH3 is 1. The minimum absolute atomic E-state index is 0.772. The molecule has 4 heteroatoms. The summed E-state index contributed by atoms with van der Waals surface area (Å²) in [4.78, 5) is 5.89. The number of hydrogen-bond acceptors (Lipinski definition) is 4. The predicted octanol–water partition coefficient (Wildman–Crippen LogP) is 4.26. The monoisotopic (exact) mass is 296 g/mol. The molecule has 1 aromatic heterocycles. The molecule has 0 amide bonds. The molecular formula is C17H16N2OS. The van der Waals surface area contributed by atoms with Gasteiger partial charge in [-0.15, -0.1) is 11.3 Å². The number of nitrogens with zero attached hydrogens (tertiary/aromatic N) is 2. The topological polar surface area (TPSA) is 45.4 Å². The number of ether oxygens (including phenoxy) is 1. The van der Waals surface area contributed by atoms with Crippen molar-refractivity contribution in [3.8, 4) is 11.8 Å². The highest BCUT2D eigenvalue weighted by atomic mass is 32.1. The van der Waals surface area contributed by atoms with Crippen LogP contribution < -0.4 is 4.74 Å². The highest BCUT2D eigenvalue weighted by molar-refractivity contribution is 7.16. The van der Waals surface area contributed by atoms with E-state index >= 15 is 0 Å². The van der Waals surface area contributed by atoms with Gasteiger partial charge in [-0.05, 0) is 48.9 Å². The van der Waals surface area contributed by atoms with Gasteiger partial charge in [-0.25, -0.2) is 4.99 Å². The third kappa shape index (κ3) is 2.84. The first-order valence-electron chi connectivity index (χ1n) is 7.04. The quantitative estimate of drug-likeness (QED) is 0.794. The molecule has 0 N–H and O–H groups in total. The van der Waals surface area contributed by atoms with E-state index in [1.54, 1.807) is 24.7 Å². The molecule has 3 rings (SSSR count). The third-order valence-corrected chi connectivity index (χ3v) is 4.89. The zero-order valence-corrected chi connectivity index (χ0v) is 12.7. The fourth-order valence-electron chi connectivity index (χ4n) is 2.61. The van der Waals surface area contributed by atoms with Crippen LogP contribution in [0.3, 0.4) is 0 Å². The van der Waals surface area contributed by atoms with Crippen LogP contribution in [-0.4, -0.2) is 13.3 Å². The van der Waals surface area contributed by atoms with Gasteiger partial charge in [0.2, 0.25) is 0 Å². The standard InChI is InChI=1S/C17H16N2OS/c1-20-13-6-4-5-12(9-13)11-19-17-15(10-18)14-7-2-3-8-16(14)21-17/h4-6,9,11H,2-3,7-8H2,1H3. The molecule has 0 radical (unpaired) electrons. The average molecular weight is 296 g/mol. The van der Waals surface area contributed by atoms with Crippen molar-refractivity contribution in [1.29, 1.82) is 5.26 Å². The molecular weight excluding hydrogens is 280 g/mol. The highest BCUT2D eigenvalue weighted by Gasteiger charge is 2.19. The number of benzene rings is 1. The predicted molar refractivity (Wildman–Crippen MR) is 85.9 cm³/mol. The molecule has 0 fully saturated rings. The van der Waals surface area contributed by atoms with Crippen molar-refractivity contribution in [2.75, 3.05) is 7.11 Å². The van der Waals surface area contributed by atoms with Crippen molar-refractivity contribution < 1.29 is 4.74 Å². The molecule has 106 valence electrons. The number of thiophene rings is 1. The molecule has 3 nitrogen and oxygen atoms in total. The summed E-state index contributed by atoms with van der Waals surface area (Å²) in [6.45, 7) is 0. The lowest BCUT2D eigenvalue weighted by Crippen LogP contribution is -1.99. The minimum Gasteiger partial charge on any atom is -0.497 e. The van der Waals surface area contributed by atoms with Gasteiger partial charge < -0.3 is 4.74 Å². The van der Waals surface area contributed by atoms with E-state index in [1.165, 1.54) is 23.3 Å². The van der Waals surface area contributed by atoms with Crippen LogP contribution in [0.5, 0.6) is 5.75 Å². The Bertz CT molecular complexity index is 725. The second-order valence-corrected chi connectivity index (χ2v) is 6.12. The number of aryl methyl sites for hydroxylation is 1. The molecule has 1 aromatic carbocycles. The van der Waals surface area contributed by atoms with E-state index in [0.717, 1.165) is 34.7 Å². The molecule has 0 atom stereocenters. The molecule has 1 aliphatic carbocycles. The van der Waals surface area contributed by atoms with Crippen molar-refractivity contribution in [2.45, 2.75) is 25.7 Å². The Morgan fingerprint density at radius 2 is 2.19 bits per heavy atom. The van der Waals surface area contributed by atoms with Gasteiger partial charge in [-0.1, -0.05) is 12.1 Å². The Hall–Kier alpha value is -2.12. The summed E-state index contributed by atoms with van der Waals surface area (Å²) in [6, 6.07) is 10.1. The van der Waals surface area contributed by atoms with E-state index in [0.29, 0.717) is 0 Å². The van der Waals surface area contributed by atoms with Crippen molar-refractivity contribution >= 4 is 22.6 Å². The summed E-state index contributed by atoms with van der Waals surface area (Å²) < 4.78 is 5.21. The molecule has 0 unspecified atom stereocenters. The SMILES string of the molecule is COc1cccc(C=Nc2sc3c(c2C#N)CCCC3)c1. The van der Waals surface area contributed by atoms with E-state index in [4.69, 9.17) is 4.74 Å². The van der Waals surface area contributed by atoms with E-state index in [9.17, 15) is 5.26 Å². The zero-order valence-electron chi connectivity index (χ0n) is 11.9. The normalized spacial score (nSPS) is 13.9. The molecule has 0 spiro atoms. The maximum atomic E-state index is 9.41. The van der Waals surface area contributed by atoms with Crippen LogP contribution in [0.25, 0.3) is 0 Å². The second kappa shape index (κ2) is 6.11. The number of rotatable bonds is 3. The fraction of sp³-hybridized carbons (Fsp3) is 0.294. The summed E-state index contributed by atoms with van der Waals surface area (Å²) in [5.74, 6) is 0.810. The van der Waals surface area contributed by atoms with Crippen molar-refractivity contribution in [3.05, 3.63) is 45.8 Å². The Kier molecular flexibility index (Phi) is 4.03. The molecule has 21 heavy (non-hydrogen) atoms. The number of fused-ring (bicyclic) bond motifs is 1. The van der Waals surface area contributed by atoms with Crippen LogP contribution >= 0.6 is 11.3 Å². The molecule has 1 heterocycles. The Balaban J connectivity index is 1.92. The zero-order chi connectivity index (χ0) is 14.7. The Morgan fingerprint density at radius 3 is 3.00 bits per heavy atom. The number of hydrogen-bond donors (Lipinski definition) is 0. The summed E-state index contributed by atoms with van der Waals surface area (Å²) >= 11 is 1.66. The smallest absolute Gasteiger partial charge is 0.134 e. The van der Waals surface area contributed by atoms with Crippen molar-refractivity contribution in [3.63, 3.8) is 0 Å². The minimum atomic E-state index is 0.772. The fourth-order valence-corrected chi connectivity index (χ4v) is 3.80. The van der Waals surface area contributed by atoms with Crippen LogP contribution in [0.4, 0.5) is 5.00 Å². The van der Waals surface area contributed by atoms with Crippen molar-refractivity contribution in [1.82, 2.24) is 0 Å². The first-order chi connectivity index (χ1) is 10.3. The van der Waals surface area contributed by atoms with Gasteiger partial charge in [-0.2, -0.15) is 5.26 Å². The van der Waals surface area contributed by atoms with Crippen molar-refractivity contribution in [2.24, 2.45) is 4.99 Å². The Labute approximate surface area is 128 Å². The molecule has 0 saturated heterocycles. The maximum absolute atomic E-state index is 9.41. The van der Waals surface area contributed by atoms with Gasteiger partial charge in [0.15, 0.2) is 0 Å². The largest absolute Gasteiger partial charge is 0.497 e. The number of nitriles is 1. The molecule has 1 aliphatic rings. The summed E-state index contributed by atoms with van der Waals surface area (Å²) in [5.41, 5.74) is 2.98. The average Bonchev–Trinajstić information content (AvgIpc) is 2.90. The second-order valence-electron chi connectivity index (χ2n) is 5.04. The van der Waals surface area contributed by atoms with E-state index < -0.39 is 0 Å². The number of aliphatic imine (C=N–C) groups is 1. The first kappa shape index (κ1) is 13.8. The van der Waals surface area contributed by atoms with Gasteiger partial charge in [-0.3, -0.25) is 0 Å². The Morgan fingerprint density at radius 1 is 1.33 bits per heavy atom. The van der Waals surface area contributed by atoms with E-state index in [-0.39, 0.29) is 0 Å². The molecule has 0 bridgehead atoms. The highest BCUT2D eigenvalue weighted by Crippen LogP contribution is 2.39. The van der Waals surface area contributed by atoms with Gasteiger partial charge in [0.25, 0.3) is 0 Å². The van der Waals surface area contributed by atoms with Crippen LogP contribution in [-0.2, 0) is 12.8 Å². The third-order valence-electron chi connectivity index (χ3n) is 3.69. The van der Waals surface area contributed by atoms with Crippen LogP contribution in [0.1, 0.15) is 34.4 Å². The van der Waals surface area contributed by atoms with Gasteiger partial charge in [0.1, 0.15) is 16.8 Å². The lowest BCUT2D eigenvalue weighted by Gasteiger charge is -2.09. The molecule has 2 aromatic rings. The molecule has 0 saturated carbocycles. The van der Waals surface area contributed by atoms with E-state index in [1.807, 2.05) is 24.3 Å². The summed E-state index contributed by atoms with van der Waals surface area (Å²) in [7, 11) is 1.65. The summed E-state index contributed by atoms with van der Waals surface area (Å²) in [5, 5.41) is 10.2. The first-order valence-corrected chi connectivity index (χ1v) is 7.86. The van der Waals surface area contributed by atoms with Crippen LogP contribution in [0.15, 0.2) is 29.3 Å². The van der Waals surface area contributed by atoms with Gasteiger partial charge in [0, 0.05) is 11.1 Å². The molecule has 0 aliphatic heterocycles. The summed E-state index contributed by atoms with van der Waals surface area (Å²) in [6.07, 6.45) is 6.31. The lowest BCUT2D eigenvalue weighted by atomic mass is 9.96. The van der Waals surface area contributed by atoms with Crippen LogP contribution in [0, 0.1) is 11.3 Å². The lowest BCUT2D eigenvalue weighted by molar-refractivity contribution is 0.415. The van der Waals surface area contributed by atoms with Gasteiger partial charge in [0.05, 0.1) is 12.7 Å². The van der Waals surface area contributed by atoms with Gasteiger partial charge >= 0.3 is 0 Å². The van der Waals surface area contributed by atoms with E-state index in [2.05, 4.69) is 11.1 Å². The van der Waals surface area contributed by atoms with Crippen LogP contribution in [0.2, 0.25) is 0 Å². The maximum Gasteiger partial charge on any atom is 0.134 e.